The first-order valence-corrected chi connectivity index (χ1v) is 10.0. The molecule has 0 saturated carbocycles. The highest BCUT2D eigenvalue weighted by molar-refractivity contribution is 7.88. The van der Waals surface area contributed by atoms with Crippen molar-refractivity contribution in [2.24, 2.45) is 0 Å². The third kappa shape index (κ3) is 3.59. The van der Waals surface area contributed by atoms with E-state index in [-0.39, 0.29) is 0 Å². The molecule has 1 aromatic carbocycles. The van der Waals surface area contributed by atoms with Gasteiger partial charge in [-0.15, -0.1) is 0 Å². The van der Waals surface area contributed by atoms with Gasteiger partial charge in [-0.25, -0.2) is 12.7 Å². The number of sulfonamides is 1. The number of para-hydroxylation sites is 1. The Bertz CT molecular complexity index is 774. The lowest BCUT2D eigenvalue weighted by Gasteiger charge is -2.30. The van der Waals surface area contributed by atoms with E-state index >= 15 is 0 Å². The molecule has 1 saturated heterocycles. The number of furan rings is 1. The van der Waals surface area contributed by atoms with Gasteiger partial charge >= 0.3 is 0 Å². The molecule has 2 aromatic rings. The van der Waals surface area contributed by atoms with Crippen molar-refractivity contribution in [2.75, 3.05) is 19.3 Å². The van der Waals surface area contributed by atoms with Gasteiger partial charge in [0.2, 0.25) is 10.0 Å². The van der Waals surface area contributed by atoms with Crippen LogP contribution >= 0.6 is 0 Å². The quantitative estimate of drug-likeness (QED) is 0.911. The Morgan fingerprint density at radius 3 is 2.61 bits per heavy atom. The first-order chi connectivity index (χ1) is 11.0. The summed E-state index contributed by atoms with van der Waals surface area (Å²) < 4.78 is 30.6. The van der Waals surface area contributed by atoms with Crippen LogP contribution in [-0.2, 0) is 23.0 Å². The monoisotopic (exact) mass is 336 g/mol. The van der Waals surface area contributed by atoms with Crippen molar-refractivity contribution in [1.29, 1.82) is 0 Å². The van der Waals surface area contributed by atoms with Crippen molar-refractivity contribution in [3.63, 3.8) is 0 Å². The van der Waals surface area contributed by atoms with Crippen molar-refractivity contribution in [2.45, 2.75) is 38.8 Å². The van der Waals surface area contributed by atoms with E-state index in [4.69, 9.17) is 4.42 Å². The van der Waals surface area contributed by atoms with E-state index in [0.29, 0.717) is 19.1 Å². The minimum absolute atomic E-state index is 0.353. The second kappa shape index (κ2) is 6.63. The number of piperidine rings is 1. The molecule has 6 heteroatoms. The SMILES string of the molecule is CCc1oc2ccccc2c1CNC1CCN(S(C)(=O)=O)CC1. The number of rotatable bonds is 5. The number of benzene rings is 1. The Kier molecular flexibility index (Phi) is 4.75. The standard InChI is InChI=1S/C17H24N2O3S/c1-3-16-15(14-6-4-5-7-17(14)22-16)12-18-13-8-10-19(11-9-13)23(2,20)21/h4-7,13,18H,3,8-12H2,1-2H3. The largest absolute Gasteiger partial charge is 0.461 e. The van der Waals surface area contributed by atoms with Crippen LogP contribution in [0.4, 0.5) is 0 Å². The first-order valence-electron chi connectivity index (χ1n) is 8.17. The normalized spacial score (nSPS) is 17.8. The molecule has 1 aromatic heterocycles. The summed E-state index contributed by atoms with van der Waals surface area (Å²) in [5.41, 5.74) is 2.17. The van der Waals surface area contributed by atoms with Crippen LogP contribution in [0, 0.1) is 0 Å². The van der Waals surface area contributed by atoms with Crippen LogP contribution in [-0.4, -0.2) is 38.1 Å². The Balaban J connectivity index is 1.66. The predicted octanol–water partition coefficient (Wildman–Crippen LogP) is 2.51. The van der Waals surface area contributed by atoms with Gasteiger partial charge in [-0.1, -0.05) is 25.1 Å². The fourth-order valence-corrected chi connectivity index (χ4v) is 4.14. The molecule has 0 bridgehead atoms. The fourth-order valence-electron chi connectivity index (χ4n) is 3.27. The molecule has 1 aliphatic heterocycles. The van der Waals surface area contributed by atoms with E-state index in [9.17, 15) is 8.42 Å². The van der Waals surface area contributed by atoms with Gasteiger partial charge in [-0.2, -0.15) is 0 Å². The van der Waals surface area contributed by atoms with Gasteiger partial charge in [0, 0.05) is 43.0 Å². The van der Waals surface area contributed by atoms with Crippen molar-refractivity contribution in [3.8, 4) is 0 Å². The van der Waals surface area contributed by atoms with Crippen LogP contribution in [0.25, 0.3) is 11.0 Å². The maximum absolute atomic E-state index is 11.6. The molecular weight excluding hydrogens is 312 g/mol. The van der Waals surface area contributed by atoms with E-state index in [1.165, 1.54) is 17.2 Å². The topological polar surface area (TPSA) is 62.6 Å². The summed E-state index contributed by atoms with van der Waals surface area (Å²) in [6, 6.07) is 8.48. The van der Waals surface area contributed by atoms with E-state index in [2.05, 4.69) is 18.3 Å². The minimum Gasteiger partial charge on any atom is -0.461 e. The third-order valence-electron chi connectivity index (χ3n) is 4.59. The number of hydrogen-bond acceptors (Lipinski definition) is 4. The van der Waals surface area contributed by atoms with Gasteiger partial charge in [0.15, 0.2) is 0 Å². The van der Waals surface area contributed by atoms with Crippen molar-refractivity contribution >= 4 is 21.0 Å². The van der Waals surface area contributed by atoms with Gasteiger partial charge in [-0.05, 0) is 18.9 Å². The summed E-state index contributed by atoms with van der Waals surface area (Å²) in [5.74, 6) is 1.03. The maximum Gasteiger partial charge on any atom is 0.211 e. The van der Waals surface area contributed by atoms with Crippen molar-refractivity contribution in [3.05, 3.63) is 35.6 Å². The Hall–Kier alpha value is -1.37. The molecule has 2 heterocycles. The second-order valence-electron chi connectivity index (χ2n) is 6.17. The zero-order chi connectivity index (χ0) is 16.4. The van der Waals surface area contributed by atoms with E-state index in [1.54, 1.807) is 4.31 Å². The highest BCUT2D eigenvalue weighted by Crippen LogP contribution is 2.26. The molecule has 0 amide bonds. The lowest BCUT2D eigenvalue weighted by atomic mass is 10.0. The third-order valence-corrected chi connectivity index (χ3v) is 5.90. The lowest BCUT2D eigenvalue weighted by Crippen LogP contribution is -2.44. The molecule has 0 spiro atoms. The number of nitrogens with one attached hydrogen (secondary N) is 1. The molecule has 0 unspecified atom stereocenters. The van der Waals surface area contributed by atoms with Crippen LogP contribution in [0.15, 0.2) is 28.7 Å². The van der Waals surface area contributed by atoms with E-state index in [0.717, 1.165) is 37.2 Å². The lowest BCUT2D eigenvalue weighted by molar-refractivity contribution is 0.290. The van der Waals surface area contributed by atoms with Crippen LogP contribution < -0.4 is 5.32 Å². The van der Waals surface area contributed by atoms with Gasteiger partial charge in [-0.3, -0.25) is 0 Å². The van der Waals surface area contributed by atoms with E-state index < -0.39 is 10.0 Å². The molecule has 23 heavy (non-hydrogen) atoms. The number of fused-ring (bicyclic) bond motifs is 1. The molecule has 3 rings (SSSR count). The summed E-state index contributed by atoms with van der Waals surface area (Å²) in [7, 11) is -3.06. The summed E-state index contributed by atoms with van der Waals surface area (Å²) in [4.78, 5) is 0. The molecule has 1 aliphatic rings. The number of hydrogen-bond donors (Lipinski definition) is 1. The molecule has 1 N–H and O–H groups in total. The van der Waals surface area contributed by atoms with Crippen molar-refractivity contribution in [1.82, 2.24) is 9.62 Å². The molecule has 0 aliphatic carbocycles. The molecular formula is C17H24N2O3S. The number of aryl methyl sites for hydroxylation is 1. The molecule has 5 nitrogen and oxygen atoms in total. The zero-order valence-corrected chi connectivity index (χ0v) is 14.5. The minimum atomic E-state index is -3.06. The van der Waals surface area contributed by atoms with E-state index in [1.807, 2.05) is 18.2 Å². The van der Waals surface area contributed by atoms with Crippen LogP contribution in [0.2, 0.25) is 0 Å². The maximum atomic E-state index is 11.6. The Morgan fingerprint density at radius 2 is 1.96 bits per heavy atom. The van der Waals surface area contributed by atoms with Crippen LogP contribution in [0.5, 0.6) is 0 Å². The average Bonchev–Trinajstić information content (AvgIpc) is 2.90. The summed E-state index contributed by atoms with van der Waals surface area (Å²) >= 11 is 0. The molecule has 0 radical (unpaired) electrons. The highest BCUT2D eigenvalue weighted by Gasteiger charge is 2.25. The number of nitrogens with zero attached hydrogens (tertiary/aromatic N) is 1. The Morgan fingerprint density at radius 1 is 1.26 bits per heavy atom. The smallest absolute Gasteiger partial charge is 0.211 e. The summed E-state index contributed by atoms with van der Waals surface area (Å²) in [6.07, 6.45) is 3.86. The first kappa shape index (κ1) is 16.5. The highest BCUT2D eigenvalue weighted by atomic mass is 32.2. The second-order valence-corrected chi connectivity index (χ2v) is 8.15. The van der Waals surface area contributed by atoms with Crippen LogP contribution in [0.3, 0.4) is 0 Å². The van der Waals surface area contributed by atoms with Crippen LogP contribution in [0.1, 0.15) is 31.1 Å². The van der Waals surface area contributed by atoms with Gasteiger partial charge in [0.25, 0.3) is 0 Å². The molecule has 0 atom stereocenters. The zero-order valence-electron chi connectivity index (χ0n) is 13.7. The molecule has 1 fully saturated rings. The van der Waals surface area contributed by atoms with Gasteiger partial charge in [0.05, 0.1) is 6.26 Å². The van der Waals surface area contributed by atoms with Gasteiger partial charge in [0.1, 0.15) is 11.3 Å². The Labute approximate surface area is 137 Å². The summed E-state index contributed by atoms with van der Waals surface area (Å²) in [6.45, 7) is 4.07. The summed E-state index contributed by atoms with van der Waals surface area (Å²) in [5, 5.41) is 4.75. The fraction of sp³-hybridized carbons (Fsp3) is 0.529. The molecule has 126 valence electrons. The average molecular weight is 336 g/mol. The van der Waals surface area contributed by atoms with Crippen molar-refractivity contribution < 1.29 is 12.8 Å². The predicted molar refractivity (Wildman–Crippen MR) is 91.9 cm³/mol. The van der Waals surface area contributed by atoms with Gasteiger partial charge < -0.3 is 9.73 Å².